The molecular weight excluding hydrogens is 506 g/mol. The smallest absolute Gasteiger partial charge is 0.191 e. The molecule has 0 spiro atoms. The molecule has 168 valence electrons. The maximum atomic E-state index is 14.2. The molecule has 4 rings (SSSR count). The van der Waals surface area contributed by atoms with Crippen molar-refractivity contribution in [1.29, 1.82) is 0 Å². The Balaban J connectivity index is 0.00000272. The monoisotopic (exact) mass is 538 g/mol. The van der Waals surface area contributed by atoms with E-state index in [-0.39, 0.29) is 35.2 Å². The number of anilines is 1. The molecule has 0 bridgehead atoms. The van der Waals surface area contributed by atoms with Crippen LogP contribution in [0.1, 0.15) is 24.8 Å². The number of nitrogens with zero attached hydrogens (tertiary/aromatic N) is 2. The highest BCUT2D eigenvalue weighted by atomic mass is 127. The summed E-state index contributed by atoms with van der Waals surface area (Å²) in [5.41, 5.74) is 1.87. The highest BCUT2D eigenvalue weighted by Crippen LogP contribution is 2.48. The van der Waals surface area contributed by atoms with Crippen LogP contribution in [0.15, 0.2) is 53.5 Å². The van der Waals surface area contributed by atoms with E-state index in [9.17, 15) is 4.39 Å². The molecule has 2 aromatic rings. The minimum absolute atomic E-state index is 0. The lowest BCUT2D eigenvalue weighted by Crippen LogP contribution is -2.43. The van der Waals surface area contributed by atoms with E-state index in [0.717, 1.165) is 61.9 Å². The summed E-state index contributed by atoms with van der Waals surface area (Å²) in [4.78, 5) is 6.76. The highest BCUT2D eigenvalue weighted by Gasteiger charge is 2.45. The Kier molecular flexibility index (Phi) is 8.02. The average Bonchev–Trinajstić information content (AvgIpc) is 3.42. The molecule has 7 heteroatoms. The minimum Gasteiger partial charge on any atom is -0.495 e. The van der Waals surface area contributed by atoms with Gasteiger partial charge in [0, 0.05) is 38.6 Å². The van der Waals surface area contributed by atoms with Crippen LogP contribution in [0, 0.1) is 11.7 Å². The largest absolute Gasteiger partial charge is 0.495 e. The molecule has 0 aromatic heterocycles. The van der Waals surface area contributed by atoms with Gasteiger partial charge in [0.1, 0.15) is 11.6 Å². The summed E-state index contributed by atoms with van der Waals surface area (Å²) in [5, 5.41) is 6.89. The van der Waals surface area contributed by atoms with Crippen molar-refractivity contribution < 1.29 is 9.13 Å². The molecule has 1 aliphatic carbocycles. The number of rotatable bonds is 7. The fourth-order valence-electron chi connectivity index (χ4n) is 4.41. The first-order chi connectivity index (χ1) is 14.6. The molecule has 5 nitrogen and oxygen atoms in total. The summed E-state index contributed by atoms with van der Waals surface area (Å²) in [6.45, 7) is 3.57. The van der Waals surface area contributed by atoms with Gasteiger partial charge < -0.3 is 20.3 Å². The maximum Gasteiger partial charge on any atom is 0.191 e. The van der Waals surface area contributed by atoms with Gasteiger partial charge in [-0.05, 0) is 48.9 Å². The zero-order chi connectivity index (χ0) is 21.0. The first-order valence-electron chi connectivity index (χ1n) is 10.7. The Bertz CT molecular complexity index is 903. The molecule has 1 atom stereocenters. The molecule has 0 radical (unpaired) electrons. The van der Waals surface area contributed by atoms with Crippen molar-refractivity contribution in [3.8, 4) is 5.75 Å². The molecule has 1 saturated carbocycles. The second kappa shape index (κ2) is 10.5. The van der Waals surface area contributed by atoms with E-state index < -0.39 is 0 Å². The molecule has 31 heavy (non-hydrogen) atoms. The zero-order valence-corrected chi connectivity index (χ0v) is 20.6. The van der Waals surface area contributed by atoms with Gasteiger partial charge in [0.05, 0.1) is 12.8 Å². The Morgan fingerprint density at radius 3 is 2.61 bits per heavy atom. The molecule has 1 unspecified atom stereocenters. The predicted octanol–water partition coefficient (Wildman–Crippen LogP) is 4.18. The number of nitrogens with one attached hydrogen (secondary N) is 2. The van der Waals surface area contributed by atoms with E-state index in [2.05, 4.69) is 32.7 Å². The third-order valence-corrected chi connectivity index (χ3v) is 6.39. The molecular formula is C24H32FIN4O. The Labute approximate surface area is 201 Å². The van der Waals surface area contributed by atoms with Crippen LogP contribution in [0.2, 0.25) is 0 Å². The van der Waals surface area contributed by atoms with Gasteiger partial charge in [0.25, 0.3) is 0 Å². The van der Waals surface area contributed by atoms with Crippen LogP contribution < -0.4 is 20.3 Å². The summed E-state index contributed by atoms with van der Waals surface area (Å²) in [6.07, 6.45) is 3.14. The van der Waals surface area contributed by atoms with Crippen molar-refractivity contribution >= 4 is 35.6 Å². The van der Waals surface area contributed by atoms with Gasteiger partial charge in [0.15, 0.2) is 5.96 Å². The Morgan fingerprint density at radius 1 is 1.16 bits per heavy atom. The summed E-state index contributed by atoms with van der Waals surface area (Å²) < 4.78 is 19.7. The summed E-state index contributed by atoms with van der Waals surface area (Å²) >= 11 is 0. The first kappa shape index (κ1) is 23.6. The number of ether oxygens (including phenoxy) is 1. The van der Waals surface area contributed by atoms with Crippen molar-refractivity contribution in [1.82, 2.24) is 10.6 Å². The van der Waals surface area contributed by atoms with Gasteiger partial charge in [0.2, 0.25) is 0 Å². The fraction of sp³-hybridized carbons (Fsp3) is 0.458. The second-order valence-electron chi connectivity index (χ2n) is 8.34. The predicted molar refractivity (Wildman–Crippen MR) is 135 cm³/mol. The van der Waals surface area contributed by atoms with Gasteiger partial charge in [-0.1, -0.05) is 30.3 Å². The lowest BCUT2D eigenvalue weighted by Gasteiger charge is -2.22. The zero-order valence-electron chi connectivity index (χ0n) is 18.2. The number of hydrogen-bond donors (Lipinski definition) is 2. The van der Waals surface area contributed by atoms with E-state index in [1.807, 2.05) is 24.3 Å². The normalized spacial score (nSPS) is 19.5. The number of methoxy groups -OCH3 is 1. The van der Waals surface area contributed by atoms with Gasteiger partial charge in [-0.25, -0.2) is 4.39 Å². The second-order valence-corrected chi connectivity index (χ2v) is 8.34. The number of benzene rings is 2. The number of guanidine groups is 1. The van der Waals surface area contributed by atoms with E-state index in [4.69, 9.17) is 4.74 Å². The van der Waals surface area contributed by atoms with Crippen molar-refractivity contribution in [2.45, 2.75) is 24.7 Å². The highest BCUT2D eigenvalue weighted by molar-refractivity contribution is 14.0. The topological polar surface area (TPSA) is 48.9 Å². The number of halogens is 2. The van der Waals surface area contributed by atoms with E-state index in [0.29, 0.717) is 12.5 Å². The van der Waals surface area contributed by atoms with Crippen molar-refractivity contribution in [2.24, 2.45) is 10.9 Å². The van der Waals surface area contributed by atoms with Crippen LogP contribution in [-0.4, -0.2) is 46.3 Å². The lowest BCUT2D eigenvalue weighted by atomic mass is 9.95. The number of para-hydroxylation sites is 2. The SMILES string of the molecule is CN=C(NCC1CCN(c2ccccc2OC)C1)NCC1(c2ccccc2F)CC1.I. The van der Waals surface area contributed by atoms with Gasteiger partial charge >= 0.3 is 0 Å². The van der Waals surface area contributed by atoms with Gasteiger partial charge in [-0.3, -0.25) is 4.99 Å². The van der Waals surface area contributed by atoms with Crippen LogP contribution >= 0.6 is 24.0 Å². The van der Waals surface area contributed by atoms with Crippen LogP contribution in [0.25, 0.3) is 0 Å². The Hall–Kier alpha value is -2.03. The quantitative estimate of drug-likeness (QED) is 0.316. The molecule has 2 aromatic carbocycles. The molecule has 1 aliphatic heterocycles. The van der Waals surface area contributed by atoms with E-state index >= 15 is 0 Å². The third kappa shape index (κ3) is 5.42. The van der Waals surface area contributed by atoms with Crippen molar-refractivity contribution in [3.63, 3.8) is 0 Å². The maximum absolute atomic E-state index is 14.2. The van der Waals surface area contributed by atoms with Gasteiger partial charge in [-0.2, -0.15) is 0 Å². The molecule has 2 fully saturated rings. The molecule has 0 amide bonds. The van der Waals surface area contributed by atoms with Crippen LogP contribution in [0.3, 0.4) is 0 Å². The fourth-order valence-corrected chi connectivity index (χ4v) is 4.41. The Morgan fingerprint density at radius 2 is 1.90 bits per heavy atom. The van der Waals surface area contributed by atoms with Gasteiger partial charge in [-0.15, -0.1) is 24.0 Å². The van der Waals surface area contributed by atoms with Crippen LogP contribution in [0.4, 0.5) is 10.1 Å². The van der Waals surface area contributed by atoms with Crippen molar-refractivity contribution in [2.75, 3.05) is 45.2 Å². The average molecular weight is 538 g/mol. The molecule has 2 N–H and O–H groups in total. The summed E-state index contributed by atoms with van der Waals surface area (Å²) in [7, 11) is 3.51. The van der Waals surface area contributed by atoms with Crippen LogP contribution in [-0.2, 0) is 5.41 Å². The van der Waals surface area contributed by atoms with Crippen LogP contribution in [0.5, 0.6) is 5.75 Å². The lowest BCUT2D eigenvalue weighted by molar-refractivity contribution is 0.414. The summed E-state index contributed by atoms with van der Waals surface area (Å²) in [5.74, 6) is 2.14. The van der Waals surface area contributed by atoms with E-state index in [1.54, 1.807) is 26.3 Å². The third-order valence-electron chi connectivity index (χ3n) is 6.39. The minimum atomic E-state index is -0.109. The van der Waals surface area contributed by atoms with E-state index in [1.165, 1.54) is 0 Å². The summed E-state index contributed by atoms with van der Waals surface area (Å²) in [6, 6.07) is 15.3. The molecule has 1 saturated heterocycles. The molecule has 2 aliphatic rings. The van der Waals surface area contributed by atoms with Crippen molar-refractivity contribution in [3.05, 3.63) is 59.9 Å². The molecule has 1 heterocycles. The standard InChI is InChI=1S/C24H31FN4O.HI/c1-26-23(28-17-24(12-13-24)19-7-3-4-8-20(19)25)27-15-18-11-14-29(16-18)21-9-5-6-10-22(21)30-2;/h3-10,18H,11-17H2,1-2H3,(H2,26,27,28);1H. The first-order valence-corrected chi connectivity index (χ1v) is 10.7. The number of hydrogen-bond acceptors (Lipinski definition) is 3. The number of aliphatic imine (C=N–C) groups is 1.